The Bertz CT molecular complexity index is 393. The third kappa shape index (κ3) is 6.36. The van der Waals surface area contributed by atoms with Crippen molar-refractivity contribution >= 4 is 5.91 Å². The molecule has 0 aliphatic carbocycles. The Morgan fingerprint density at radius 1 is 1.37 bits per heavy atom. The Labute approximate surface area is 115 Å². The van der Waals surface area contributed by atoms with Crippen LogP contribution in [0.1, 0.15) is 18.1 Å². The van der Waals surface area contributed by atoms with Gasteiger partial charge < -0.3 is 15.4 Å². The number of hydrogen-bond acceptors (Lipinski definition) is 3. The number of carbonyl (C=O) groups excluding carboxylic acids is 1. The first kappa shape index (κ1) is 15.7. The molecule has 0 spiro atoms. The lowest BCUT2D eigenvalue weighted by Crippen LogP contribution is -2.41. The van der Waals surface area contributed by atoms with Crippen LogP contribution < -0.4 is 10.6 Å². The summed E-state index contributed by atoms with van der Waals surface area (Å²) in [6.45, 7) is 5.72. The lowest BCUT2D eigenvalue weighted by atomic mass is 10.1. The van der Waals surface area contributed by atoms with Crippen molar-refractivity contribution in [1.29, 1.82) is 0 Å². The number of nitrogens with one attached hydrogen (secondary N) is 2. The minimum Gasteiger partial charge on any atom is -0.383 e. The molecule has 0 aliphatic rings. The normalized spacial score (nSPS) is 12.2. The van der Waals surface area contributed by atoms with Gasteiger partial charge in [-0.05, 0) is 37.9 Å². The first-order valence-corrected chi connectivity index (χ1v) is 6.67. The molecule has 106 valence electrons. The molecule has 0 fully saturated rings. The van der Waals surface area contributed by atoms with Gasteiger partial charge in [0.15, 0.2) is 0 Å². The van der Waals surface area contributed by atoms with Gasteiger partial charge in [0, 0.05) is 13.2 Å². The molecule has 0 bridgehead atoms. The molecule has 19 heavy (non-hydrogen) atoms. The predicted octanol–water partition coefficient (Wildman–Crippen LogP) is 1.28. The summed E-state index contributed by atoms with van der Waals surface area (Å²) in [7, 11) is 1.63. The molecule has 0 radical (unpaired) electrons. The molecule has 0 heterocycles. The Hall–Kier alpha value is -1.39. The third-order valence-corrected chi connectivity index (χ3v) is 2.94. The van der Waals surface area contributed by atoms with Gasteiger partial charge in [0.25, 0.3) is 0 Å². The summed E-state index contributed by atoms with van der Waals surface area (Å²) >= 11 is 0. The molecular formula is C15H24N2O2. The summed E-state index contributed by atoms with van der Waals surface area (Å²) in [6, 6.07) is 8.36. The zero-order valence-electron chi connectivity index (χ0n) is 12.0. The Morgan fingerprint density at radius 2 is 2.11 bits per heavy atom. The SMILES string of the molecule is COCC(C)NC(=O)CNCCc1ccccc1C. The third-order valence-electron chi connectivity index (χ3n) is 2.94. The topological polar surface area (TPSA) is 50.4 Å². The molecule has 0 saturated heterocycles. The van der Waals surface area contributed by atoms with Gasteiger partial charge in [0.1, 0.15) is 0 Å². The zero-order chi connectivity index (χ0) is 14.1. The van der Waals surface area contributed by atoms with Crippen molar-refractivity contribution in [2.45, 2.75) is 26.3 Å². The molecule has 1 atom stereocenters. The molecule has 4 nitrogen and oxygen atoms in total. The predicted molar refractivity (Wildman–Crippen MR) is 77.2 cm³/mol. The summed E-state index contributed by atoms with van der Waals surface area (Å²) < 4.78 is 4.97. The number of aryl methyl sites for hydroxylation is 1. The van der Waals surface area contributed by atoms with Gasteiger partial charge in [-0.25, -0.2) is 0 Å². The summed E-state index contributed by atoms with van der Waals surface area (Å²) in [4.78, 5) is 11.6. The van der Waals surface area contributed by atoms with E-state index < -0.39 is 0 Å². The number of hydrogen-bond donors (Lipinski definition) is 2. The van der Waals surface area contributed by atoms with E-state index in [1.165, 1.54) is 11.1 Å². The Balaban J connectivity index is 2.17. The standard InChI is InChI=1S/C15H24N2O2/c1-12-6-4-5-7-14(12)8-9-16-10-15(18)17-13(2)11-19-3/h4-7,13,16H,8-11H2,1-3H3,(H,17,18). The molecule has 0 saturated carbocycles. The van der Waals surface area contributed by atoms with Crippen molar-refractivity contribution in [3.63, 3.8) is 0 Å². The minimum absolute atomic E-state index is 0.00864. The van der Waals surface area contributed by atoms with E-state index in [0.717, 1.165) is 13.0 Å². The van der Waals surface area contributed by atoms with E-state index in [4.69, 9.17) is 4.74 Å². The van der Waals surface area contributed by atoms with Crippen molar-refractivity contribution in [2.75, 3.05) is 26.8 Å². The minimum atomic E-state index is 0.00864. The van der Waals surface area contributed by atoms with Crippen molar-refractivity contribution in [2.24, 2.45) is 0 Å². The number of rotatable bonds is 8. The van der Waals surface area contributed by atoms with Gasteiger partial charge in [-0.1, -0.05) is 24.3 Å². The van der Waals surface area contributed by atoms with Crippen molar-refractivity contribution in [3.05, 3.63) is 35.4 Å². The van der Waals surface area contributed by atoms with Gasteiger partial charge in [0.05, 0.1) is 13.2 Å². The van der Waals surface area contributed by atoms with Gasteiger partial charge in [0.2, 0.25) is 5.91 Å². The quantitative estimate of drug-likeness (QED) is 0.695. The number of amides is 1. The average Bonchev–Trinajstić information content (AvgIpc) is 2.36. The fraction of sp³-hybridized carbons (Fsp3) is 0.533. The fourth-order valence-electron chi connectivity index (χ4n) is 1.93. The molecule has 0 aromatic heterocycles. The van der Waals surface area contributed by atoms with Gasteiger partial charge in [-0.15, -0.1) is 0 Å². The maximum Gasteiger partial charge on any atom is 0.234 e. The molecule has 2 N–H and O–H groups in total. The first-order chi connectivity index (χ1) is 9.13. The smallest absolute Gasteiger partial charge is 0.234 e. The van der Waals surface area contributed by atoms with Gasteiger partial charge in [-0.2, -0.15) is 0 Å². The number of methoxy groups -OCH3 is 1. The number of benzene rings is 1. The molecule has 1 amide bonds. The molecule has 0 aliphatic heterocycles. The van der Waals surface area contributed by atoms with Crippen LogP contribution in [0.3, 0.4) is 0 Å². The summed E-state index contributed by atoms with van der Waals surface area (Å²) in [5.41, 5.74) is 2.62. The van der Waals surface area contributed by atoms with Crippen LogP contribution in [-0.4, -0.2) is 38.8 Å². The zero-order valence-corrected chi connectivity index (χ0v) is 12.0. The molecule has 4 heteroatoms. The second-order valence-corrected chi connectivity index (χ2v) is 4.78. The van der Waals surface area contributed by atoms with Crippen LogP contribution in [0, 0.1) is 6.92 Å². The molecule has 1 aromatic rings. The highest BCUT2D eigenvalue weighted by Crippen LogP contribution is 2.06. The van der Waals surface area contributed by atoms with E-state index in [2.05, 4.69) is 29.7 Å². The van der Waals surface area contributed by atoms with E-state index in [9.17, 15) is 4.79 Å². The summed E-state index contributed by atoms with van der Waals surface area (Å²) in [5.74, 6) is 0.00864. The van der Waals surface area contributed by atoms with E-state index in [1.54, 1.807) is 7.11 Å². The van der Waals surface area contributed by atoms with E-state index >= 15 is 0 Å². The van der Waals surface area contributed by atoms with Crippen molar-refractivity contribution < 1.29 is 9.53 Å². The van der Waals surface area contributed by atoms with E-state index in [0.29, 0.717) is 13.2 Å². The lowest BCUT2D eigenvalue weighted by Gasteiger charge is -2.13. The molecule has 1 rings (SSSR count). The number of ether oxygens (including phenoxy) is 1. The fourth-order valence-corrected chi connectivity index (χ4v) is 1.93. The van der Waals surface area contributed by atoms with Crippen LogP contribution in [0.5, 0.6) is 0 Å². The summed E-state index contributed by atoms with van der Waals surface area (Å²) in [5, 5.41) is 6.02. The van der Waals surface area contributed by atoms with Crippen LogP contribution in [0.2, 0.25) is 0 Å². The Kier molecular flexibility index (Phi) is 7.15. The molecular weight excluding hydrogens is 240 g/mol. The first-order valence-electron chi connectivity index (χ1n) is 6.67. The van der Waals surface area contributed by atoms with Gasteiger partial charge >= 0.3 is 0 Å². The van der Waals surface area contributed by atoms with Crippen LogP contribution in [0.25, 0.3) is 0 Å². The number of carbonyl (C=O) groups is 1. The highest BCUT2D eigenvalue weighted by atomic mass is 16.5. The highest BCUT2D eigenvalue weighted by Gasteiger charge is 2.06. The van der Waals surface area contributed by atoms with E-state index in [-0.39, 0.29) is 11.9 Å². The van der Waals surface area contributed by atoms with E-state index in [1.807, 2.05) is 19.1 Å². The van der Waals surface area contributed by atoms with Crippen molar-refractivity contribution in [3.8, 4) is 0 Å². The maximum absolute atomic E-state index is 11.6. The van der Waals surface area contributed by atoms with Crippen LogP contribution in [0.15, 0.2) is 24.3 Å². The van der Waals surface area contributed by atoms with Crippen LogP contribution in [0.4, 0.5) is 0 Å². The average molecular weight is 264 g/mol. The van der Waals surface area contributed by atoms with Gasteiger partial charge in [-0.3, -0.25) is 4.79 Å². The Morgan fingerprint density at radius 3 is 2.79 bits per heavy atom. The second-order valence-electron chi connectivity index (χ2n) is 4.78. The summed E-state index contributed by atoms with van der Waals surface area (Å²) in [6.07, 6.45) is 0.938. The highest BCUT2D eigenvalue weighted by molar-refractivity contribution is 5.78. The van der Waals surface area contributed by atoms with Crippen LogP contribution >= 0.6 is 0 Å². The largest absolute Gasteiger partial charge is 0.383 e. The molecule has 1 unspecified atom stereocenters. The van der Waals surface area contributed by atoms with Crippen molar-refractivity contribution in [1.82, 2.24) is 10.6 Å². The lowest BCUT2D eigenvalue weighted by molar-refractivity contribution is -0.121. The van der Waals surface area contributed by atoms with Crippen LogP contribution in [-0.2, 0) is 16.0 Å². The second kappa shape index (κ2) is 8.67. The maximum atomic E-state index is 11.6. The molecule has 1 aromatic carbocycles. The monoisotopic (exact) mass is 264 g/mol.